The van der Waals surface area contributed by atoms with Crippen LogP contribution in [0.3, 0.4) is 0 Å². The molecule has 25 heavy (non-hydrogen) atoms. The van der Waals surface area contributed by atoms with Gasteiger partial charge in [-0.2, -0.15) is 0 Å². The third kappa shape index (κ3) is 1.94. The molecule has 0 atom stereocenters. The molecule has 0 bridgehead atoms. The van der Waals surface area contributed by atoms with E-state index in [0.29, 0.717) is 5.71 Å². The lowest BCUT2D eigenvalue weighted by Gasteiger charge is -2.19. The minimum absolute atomic E-state index is 0.661. The van der Waals surface area contributed by atoms with Gasteiger partial charge in [-0.15, -0.1) is 0 Å². The Kier molecular flexibility index (Phi) is 2.80. The van der Waals surface area contributed by atoms with Crippen LogP contribution in [0, 0.1) is 20.5 Å². The lowest BCUT2D eigenvalue weighted by molar-refractivity contribution is 0.652. The van der Waals surface area contributed by atoms with Gasteiger partial charge in [0.1, 0.15) is 6.67 Å². The van der Waals surface area contributed by atoms with Crippen molar-refractivity contribution in [3.63, 3.8) is 0 Å². The van der Waals surface area contributed by atoms with Crippen molar-refractivity contribution in [2.24, 2.45) is 0 Å². The summed E-state index contributed by atoms with van der Waals surface area (Å²) in [6.07, 6.45) is 3.41. The van der Waals surface area contributed by atoms with E-state index in [2.05, 4.69) is 40.1 Å². The van der Waals surface area contributed by atoms with Crippen LogP contribution in [0.1, 0.15) is 11.3 Å². The largest absolute Gasteiger partial charge is 0.435 e. The molecule has 6 nitrogen and oxygen atoms in total. The van der Waals surface area contributed by atoms with E-state index in [4.69, 9.17) is 4.42 Å². The normalized spacial score (nSPS) is 13.9. The number of aryl methyl sites for hydroxylation is 2. The summed E-state index contributed by atoms with van der Waals surface area (Å²) in [7, 11) is 1.96. The molecule has 0 fully saturated rings. The number of hydrogen-bond acceptors (Lipinski definition) is 6. The molecular weight excluding hydrogens is 314 g/mol. The molecule has 5 rings (SSSR count). The summed E-state index contributed by atoms with van der Waals surface area (Å²) in [5, 5.41) is 2.07. The second-order valence-corrected chi connectivity index (χ2v) is 6.32. The van der Waals surface area contributed by atoms with E-state index < -0.39 is 0 Å². The van der Waals surface area contributed by atoms with E-state index in [9.17, 15) is 0 Å². The molecule has 0 amide bonds. The molecule has 123 valence electrons. The maximum atomic E-state index is 6.17. The van der Waals surface area contributed by atoms with E-state index in [0.717, 1.165) is 44.9 Å². The summed E-state index contributed by atoms with van der Waals surface area (Å²) in [4.78, 5) is 17.5. The number of benzene rings is 1. The molecule has 0 N–H and O–H groups in total. The van der Waals surface area contributed by atoms with Crippen molar-refractivity contribution in [2.75, 3.05) is 16.8 Å². The summed E-state index contributed by atoms with van der Waals surface area (Å²) in [6, 6.07) is 8.27. The van der Waals surface area contributed by atoms with Crippen LogP contribution in [0.4, 0.5) is 17.3 Å². The molecule has 0 saturated carbocycles. The number of anilines is 3. The Balaban J connectivity index is 1.82. The van der Waals surface area contributed by atoms with Crippen LogP contribution in [0.5, 0.6) is 0 Å². The van der Waals surface area contributed by atoms with Crippen molar-refractivity contribution < 1.29 is 4.42 Å². The van der Waals surface area contributed by atoms with Crippen LogP contribution in [-0.4, -0.2) is 22.0 Å². The fourth-order valence-electron chi connectivity index (χ4n) is 3.39. The smallest absolute Gasteiger partial charge is 0.227 e. The summed E-state index contributed by atoms with van der Waals surface area (Å²) in [6.45, 7) is 6.02. The van der Waals surface area contributed by atoms with E-state index in [1.807, 2.05) is 36.5 Å². The molecule has 0 aliphatic carbocycles. The number of furan rings is 1. The molecule has 0 saturated heterocycles. The molecule has 0 spiro atoms. The summed E-state index contributed by atoms with van der Waals surface area (Å²) >= 11 is 0. The summed E-state index contributed by atoms with van der Waals surface area (Å²) in [5.41, 5.74) is 4.49. The van der Waals surface area contributed by atoms with E-state index in [1.165, 1.54) is 0 Å². The molecule has 1 aliphatic heterocycles. The Hall–Kier alpha value is -3.15. The van der Waals surface area contributed by atoms with Crippen LogP contribution >= 0.6 is 0 Å². The molecule has 6 heteroatoms. The van der Waals surface area contributed by atoms with Crippen LogP contribution < -0.4 is 9.80 Å². The predicted molar refractivity (Wildman–Crippen MR) is 97.9 cm³/mol. The fourth-order valence-corrected chi connectivity index (χ4v) is 3.39. The highest BCUT2D eigenvalue weighted by molar-refractivity contribution is 6.09. The van der Waals surface area contributed by atoms with Gasteiger partial charge in [0.2, 0.25) is 5.71 Å². The van der Waals surface area contributed by atoms with E-state index in [-0.39, 0.29) is 0 Å². The Morgan fingerprint density at radius 1 is 0.920 bits per heavy atom. The average Bonchev–Trinajstić information content (AvgIpc) is 3.12. The Morgan fingerprint density at radius 2 is 1.68 bits per heavy atom. The highest BCUT2D eigenvalue weighted by Gasteiger charge is 2.31. The third-order valence-electron chi connectivity index (χ3n) is 4.57. The van der Waals surface area contributed by atoms with Crippen molar-refractivity contribution in [2.45, 2.75) is 13.8 Å². The van der Waals surface area contributed by atoms with Crippen LogP contribution in [-0.2, 0) is 0 Å². The topological polar surface area (TPSA) is 58.3 Å². The minimum atomic E-state index is 0.661. The number of nitrogens with zero attached hydrogens (tertiary/aromatic N) is 5. The molecule has 3 aromatic heterocycles. The molecule has 1 radical (unpaired) electrons. The van der Waals surface area contributed by atoms with Crippen LogP contribution in [0.25, 0.3) is 22.1 Å². The number of hydrogen-bond donors (Lipinski definition) is 0. The maximum absolute atomic E-state index is 6.17. The second-order valence-electron chi connectivity index (χ2n) is 6.32. The first-order valence-electron chi connectivity index (χ1n) is 8.11. The van der Waals surface area contributed by atoms with Gasteiger partial charge in [0.15, 0.2) is 17.2 Å². The Labute approximate surface area is 144 Å². The highest BCUT2D eigenvalue weighted by Crippen LogP contribution is 2.44. The number of rotatable bonds is 1. The quantitative estimate of drug-likeness (QED) is 0.524. The van der Waals surface area contributed by atoms with Gasteiger partial charge in [0, 0.05) is 35.9 Å². The second kappa shape index (κ2) is 4.92. The molecule has 0 unspecified atom stereocenters. The fraction of sp³-hybridized carbons (Fsp3) is 0.158. The zero-order valence-electron chi connectivity index (χ0n) is 14.2. The number of aromatic nitrogens is 3. The standard InChI is InChI=1S/C19H16N5O/c1-11-4-6-13-14-7-5-12(2)22-19(14)25-16(13)15(11)24-10-23(3)17-18(24)21-9-8-20-17/h4-10H,1-3H3. The SMILES string of the molecule is Cc1ccc2c(n1)oc1c(N3[CH]N(C)c4nccnc43)c(C)ccc12. The van der Waals surface area contributed by atoms with Gasteiger partial charge >= 0.3 is 0 Å². The number of fused-ring (bicyclic) bond motifs is 4. The summed E-state index contributed by atoms with van der Waals surface area (Å²) < 4.78 is 6.17. The molecular formula is C19H16N5O. The third-order valence-corrected chi connectivity index (χ3v) is 4.57. The lowest BCUT2D eigenvalue weighted by Crippen LogP contribution is -2.18. The van der Waals surface area contributed by atoms with Gasteiger partial charge in [0.25, 0.3) is 0 Å². The van der Waals surface area contributed by atoms with Gasteiger partial charge in [-0.3, -0.25) is 4.90 Å². The van der Waals surface area contributed by atoms with Crippen molar-refractivity contribution >= 4 is 39.4 Å². The van der Waals surface area contributed by atoms with Gasteiger partial charge in [-0.25, -0.2) is 15.0 Å². The minimum Gasteiger partial charge on any atom is -0.435 e. The van der Waals surface area contributed by atoms with Crippen molar-refractivity contribution in [1.29, 1.82) is 0 Å². The van der Waals surface area contributed by atoms with E-state index >= 15 is 0 Å². The van der Waals surface area contributed by atoms with Crippen molar-refractivity contribution in [3.05, 3.63) is 54.6 Å². The summed E-state index contributed by atoms with van der Waals surface area (Å²) in [5.74, 6) is 1.62. The Morgan fingerprint density at radius 3 is 2.52 bits per heavy atom. The maximum Gasteiger partial charge on any atom is 0.227 e. The van der Waals surface area contributed by atoms with Crippen molar-refractivity contribution in [1.82, 2.24) is 15.0 Å². The van der Waals surface area contributed by atoms with Gasteiger partial charge < -0.3 is 9.32 Å². The molecule has 4 heterocycles. The van der Waals surface area contributed by atoms with Crippen molar-refractivity contribution in [3.8, 4) is 0 Å². The number of pyridine rings is 1. The van der Waals surface area contributed by atoms with Crippen LogP contribution in [0.2, 0.25) is 0 Å². The average molecular weight is 330 g/mol. The monoisotopic (exact) mass is 330 g/mol. The highest BCUT2D eigenvalue weighted by atomic mass is 16.3. The molecule has 1 aliphatic rings. The first-order valence-corrected chi connectivity index (χ1v) is 8.11. The van der Waals surface area contributed by atoms with Gasteiger partial charge in [0.05, 0.1) is 5.69 Å². The lowest BCUT2D eigenvalue weighted by atomic mass is 10.1. The predicted octanol–water partition coefficient (Wildman–Crippen LogP) is 4.10. The first kappa shape index (κ1) is 14.2. The van der Waals surface area contributed by atoms with Gasteiger partial charge in [-0.05, 0) is 31.5 Å². The molecule has 1 aromatic carbocycles. The van der Waals surface area contributed by atoms with Crippen LogP contribution in [0.15, 0.2) is 41.1 Å². The Bertz CT molecular complexity index is 1130. The van der Waals surface area contributed by atoms with E-state index in [1.54, 1.807) is 12.4 Å². The first-order chi connectivity index (χ1) is 12.1. The zero-order chi connectivity index (χ0) is 17.1. The zero-order valence-corrected chi connectivity index (χ0v) is 14.2. The van der Waals surface area contributed by atoms with Gasteiger partial charge in [-0.1, -0.05) is 12.1 Å². The molecule has 4 aromatic rings.